The Kier molecular flexibility index (Phi) is 5.88. The number of rotatable bonds is 4. The van der Waals surface area contributed by atoms with Gasteiger partial charge in [0.05, 0.1) is 21.2 Å². The summed E-state index contributed by atoms with van der Waals surface area (Å²) in [5.41, 5.74) is 0.212. The molecule has 1 amide bonds. The third kappa shape index (κ3) is 4.43. The van der Waals surface area contributed by atoms with Crippen molar-refractivity contribution in [2.45, 2.75) is 30.5 Å². The van der Waals surface area contributed by atoms with E-state index in [9.17, 15) is 26.4 Å². The highest BCUT2D eigenvalue weighted by Crippen LogP contribution is 2.38. The van der Waals surface area contributed by atoms with Gasteiger partial charge in [-0.05, 0) is 67.4 Å². The van der Waals surface area contributed by atoms with Crippen molar-refractivity contribution >= 4 is 38.9 Å². The standard InChI is InChI=1S/C23H18ClF3N2O3S/c1-14-11-16-12-15(22(30)28-17-8-9-20(24)19(13-17)23(25,26)27)7-10-21(16)29(14)33(31,32)18-5-3-2-4-6-18/h2-10,12-14H,11H2,1H3,(H,28,30)/t14-/m0/s1. The van der Waals surface area contributed by atoms with E-state index in [0.717, 1.165) is 12.1 Å². The fourth-order valence-corrected chi connectivity index (χ4v) is 5.78. The van der Waals surface area contributed by atoms with Crippen LogP contribution < -0.4 is 9.62 Å². The van der Waals surface area contributed by atoms with Crippen molar-refractivity contribution in [3.8, 4) is 0 Å². The van der Waals surface area contributed by atoms with E-state index in [4.69, 9.17) is 11.6 Å². The monoisotopic (exact) mass is 494 g/mol. The molecule has 0 fully saturated rings. The second-order valence-electron chi connectivity index (χ2n) is 7.66. The number of halogens is 4. The molecule has 1 aliphatic heterocycles. The van der Waals surface area contributed by atoms with Crippen molar-refractivity contribution in [3.05, 3.63) is 88.4 Å². The predicted molar refractivity (Wildman–Crippen MR) is 120 cm³/mol. The van der Waals surface area contributed by atoms with Crippen LogP contribution in [0.15, 0.2) is 71.6 Å². The lowest BCUT2D eigenvalue weighted by Gasteiger charge is -2.24. The van der Waals surface area contributed by atoms with E-state index in [1.54, 1.807) is 31.2 Å². The number of nitrogens with one attached hydrogen (secondary N) is 1. The van der Waals surface area contributed by atoms with Crippen LogP contribution in [-0.2, 0) is 22.6 Å². The molecule has 1 heterocycles. The number of hydrogen-bond acceptors (Lipinski definition) is 3. The number of benzene rings is 3. The molecule has 10 heteroatoms. The Morgan fingerprint density at radius 2 is 1.76 bits per heavy atom. The van der Waals surface area contributed by atoms with Crippen molar-refractivity contribution in [1.82, 2.24) is 0 Å². The Balaban J connectivity index is 1.61. The lowest BCUT2D eigenvalue weighted by Crippen LogP contribution is -2.35. The number of carbonyl (C=O) groups is 1. The average molecular weight is 495 g/mol. The molecule has 1 atom stereocenters. The molecule has 0 radical (unpaired) electrons. The first-order valence-electron chi connectivity index (χ1n) is 9.89. The second kappa shape index (κ2) is 8.39. The molecule has 0 saturated carbocycles. The van der Waals surface area contributed by atoms with Crippen LogP contribution in [0.25, 0.3) is 0 Å². The minimum atomic E-state index is -4.66. The highest BCUT2D eigenvalue weighted by atomic mass is 35.5. The summed E-state index contributed by atoms with van der Waals surface area (Å²) in [5, 5.41) is 1.97. The molecule has 1 aliphatic rings. The van der Waals surface area contributed by atoms with Crippen LogP contribution >= 0.6 is 11.6 Å². The molecule has 172 valence electrons. The zero-order valence-corrected chi connectivity index (χ0v) is 18.8. The Hall–Kier alpha value is -3.04. The normalized spacial score (nSPS) is 15.9. The first-order chi connectivity index (χ1) is 15.5. The highest BCUT2D eigenvalue weighted by molar-refractivity contribution is 7.92. The lowest BCUT2D eigenvalue weighted by atomic mass is 10.1. The Morgan fingerprint density at radius 3 is 2.42 bits per heavy atom. The third-order valence-corrected chi connectivity index (χ3v) is 7.60. The van der Waals surface area contributed by atoms with Gasteiger partial charge in [0, 0.05) is 17.3 Å². The maximum atomic E-state index is 13.2. The van der Waals surface area contributed by atoms with Gasteiger partial charge in [0.2, 0.25) is 0 Å². The van der Waals surface area contributed by atoms with Gasteiger partial charge in [0.1, 0.15) is 0 Å². The molecule has 0 bridgehead atoms. The summed E-state index contributed by atoms with van der Waals surface area (Å²) >= 11 is 5.62. The number of hydrogen-bond donors (Lipinski definition) is 1. The largest absolute Gasteiger partial charge is 0.417 e. The van der Waals surface area contributed by atoms with Crippen molar-refractivity contribution in [3.63, 3.8) is 0 Å². The van der Waals surface area contributed by atoms with Gasteiger partial charge < -0.3 is 5.32 Å². The maximum absolute atomic E-state index is 13.2. The van der Waals surface area contributed by atoms with Gasteiger partial charge in [0.15, 0.2) is 0 Å². The number of alkyl halides is 3. The first-order valence-corrected chi connectivity index (χ1v) is 11.7. The van der Waals surface area contributed by atoms with Gasteiger partial charge in [-0.1, -0.05) is 29.8 Å². The second-order valence-corrected chi connectivity index (χ2v) is 9.88. The van der Waals surface area contributed by atoms with Crippen molar-refractivity contribution in [1.29, 1.82) is 0 Å². The highest BCUT2D eigenvalue weighted by Gasteiger charge is 2.36. The summed E-state index contributed by atoms with van der Waals surface area (Å²) in [7, 11) is -3.79. The Morgan fingerprint density at radius 1 is 1.06 bits per heavy atom. The minimum Gasteiger partial charge on any atom is -0.322 e. The zero-order chi connectivity index (χ0) is 24.0. The van der Waals surface area contributed by atoms with Crippen molar-refractivity contribution in [2.75, 3.05) is 9.62 Å². The molecule has 0 saturated heterocycles. The van der Waals surface area contributed by atoms with E-state index in [0.29, 0.717) is 17.7 Å². The van der Waals surface area contributed by atoms with E-state index in [2.05, 4.69) is 5.32 Å². The fraction of sp³-hybridized carbons (Fsp3) is 0.174. The fourth-order valence-electron chi connectivity index (χ4n) is 3.84. The molecule has 0 unspecified atom stereocenters. The summed E-state index contributed by atoms with van der Waals surface area (Å²) in [6.45, 7) is 1.77. The van der Waals surface area contributed by atoms with Crippen LogP contribution in [0, 0.1) is 0 Å². The molecule has 5 nitrogen and oxygen atoms in total. The lowest BCUT2D eigenvalue weighted by molar-refractivity contribution is -0.137. The Bertz CT molecular complexity index is 1330. The van der Waals surface area contributed by atoms with Crippen LogP contribution in [0.4, 0.5) is 24.5 Å². The minimum absolute atomic E-state index is 0.0566. The number of sulfonamides is 1. The smallest absolute Gasteiger partial charge is 0.322 e. The van der Waals surface area contributed by atoms with E-state index in [-0.39, 0.29) is 22.2 Å². The number of nitrogens with zero attached hydrogens (tertiary/aromatic N) is 1. The van der Waals surface area contributed by atoms with E-state index < -0.39 is 32.7 Å². The molecular weight excluding hydrogens is 477 g/mol. The molecular formula is C23H18ClF3N2O3S. The molecule has 3 aromatic carbocycles. The number of anilines is 2. The van der Waals surface area contributed by atoms with Gasteiger partial charge in [-0.2, -0.15) is 13.2 Å². The first kappa shape index (κ1) is 23.1. The van der Waals surface area contributed by atoms with Crippen LogP contribution in [0.5, 0.6) is 0 Å². The predicted octanol–water partition coefficient (Wildman–Crippen LogP) is 5.75. The summed E-state index contributed by atoms with van der Waals surface area (Å²) < 4.78 is 66.9. The molecule has 4 rings (SSSR count). The van der Waals surface area contributed by atoms with Crippen molar-refractivity contribution < 1.29 is 26.4 Å². The van der Waals surface area contributed by atoms with E-state index in [1.807, 2.05) is 0 Å². The third-order valence-electron chi connectivity index (χ3n) is 5.32. The van der Waals surface area contributed by atoms with Gasteiger partial charge in [-0.3, -0.25) is 9.10 Å². The zero-order valence-electron chi connectivity index (χ0n) is 17.2. The summed E-state index contributed by atoms with van der Waals surface area (Å²) in [6.07, 6.45) is -4.27. The number of carbonyl (C=O) groups excluding carboxylic acids is 1. The molecule has 0 spiro atoms. The Labute approximate surface area is 193 Å². The topological polar surface area (TPSA) is 66.5 Å². The summed E-state index contributed by atoms with van der Waals surface area (Å²) in [4.78, 5) is 12.8. The van der Waals surface area contributed by atoms with Crippen LogP contribution in [0.2, 0.25) is 5.02 Å². The van der Waals surface area contributed by atoms with Gasteiger partial charge in [0.25, 0.3) is 15.9 Å². The molecule has 33 heavy (non-hydrogen) atoms. The maximum Gasteiger partial charge on any atom is 0.417 e. The van der Waals surface area contributed by atoms with Gasteiger partial charge in [-0.25, -0.2) is 8.42 Å². The van der Waals surface area contributed by atoms with E-state index >= 15 is 0 Å². The quantitative estimate of drug-likeness (QED) is 0.502. The SMILES string of the molecule is C[C@H]1Cc2cc(C(=O)Nc3ccc(Cl)c(C(F)(F)F)c3)ccc2N1S(=O)(=O)c1ccccc1. The molecule has 0 aromatic heterocycles. The molecule has 1 N–H and O–H groups in total. The van der Waals surface area contributed by atoms with Gasteiger partial charge >= 0.3 is 6.18 Å². The van der Waals surface area contributed by atoms with E-state index in [1.165, 1.54) is 34.6 Å². The van der Waals surface area contributed by atoms with Crippen LogP contribution in [0.1, 0.15) is 28.4 Å². The average Bonchev–Trinajstić information content (AvgIpc) is 3.10. The summed E-state index contributed by atoms with van der Waals surface area (Å²) in [6, 6.07) is 15.3. The molecule has 3 aromatic rings. The van der Waals surface area contributed by atoms with Gasteiger partial charge in [-0.15, -0.1) is 0 Å². The van der Waals surface area contributed by atoms with Crippen LogP contribution in [0.3, 0.4) is 0 Å². The van der Waals surface area contributed by atoms with Crippen LogP contribution in [-0.4, -0.2) is 20.4 Å². The molecule has 0 aliphatic carbocycles. The summed E-state index contributed by atoms with van der Waals surface area (Å²) in [5.74, 6) is -0.620. The number of amides is 1. The number of fused-ring (bicyclic) bond motifs is 1. The van der Waals surface area contributed by atoms with Crippen molar-refractivity contribution in [2.24, 2.45) is 0 Å².